The highest BCUT2D eigenvalue weighted by Gasteiger charge is 2.32. The first kappa shape index (κ1) is 20.1. The molecular formula is C19H26Cl2N2O2. The van der Waals surface area contributed by atoms with Crippen LogP contribution in [0.25, 0.3) is 0 Å². The Morgan fingerprint density at radius 1 is 1.32 bits per heavy atom. The first-order valence-electron chi connectivity index (χ1n) is 8.94. The number of amides is 2. The Labute approximate surface area is 159 Å². The van der Waals surface area contributed by atoms with Crippen LogP contribution in [0.2, 0.25) is 10.0 Å². The summed E-state index contributed by atoms with van der Waals surface area (Å²) in [5.74, 6) is 0.598. The molecule has 25 heavy (non-hydrogen) atoms. The molecule has 1 unspecified atom stereocenters. The summed E-state index contributed by atoms with van der Waals surface area (Å²) < 4.78 is 0. The van der Waals surface area contributed by atoms with Crippen LogP contribution in [-0.4, -0.2) is 29.3 Å². The van der Waals surface area contributed by atoms with E-state index in [4.69, 9.17) is 23.2 Å². The van der Waals surface area contributed by atoms with Crippen molar-refractivity contribution >= 4 is 35.0 Å². The van der Waals surface area contributed by atoms with Crippen LogP contribution in [0.15, 0.2) is 18.2 Å². The van der Waals surface area contributed by atoms with Gasteiger partial charge in [-0.05, 0) is 30.0 Å². The molecule has 4 nitrogen and oxygen atoms in total. The van der Waals surface area contributed by atoms with E-state index < -0.39 is 0 Å². The van der Waals surface area contributed by atoms with Crippen molar-refractivity contribution < 1.29 is 9.59 Å². The second kappa shape index (κ2) is 9.44. The Morgan fingerprint density at radius 3 is 2.68 bits per heavy atom. The zero-order valence-corrected chi connectivity index (χ0v) is 16.4. The van der Waals surface area contributed by atoms with Crippen LogP contribution in [0.5, 0.6) is 0 Å². The van der Waals surface area contributed by atoms with Crippen molar-refractivity contribution in [1.29, 1.82) is 0 Å². The van der Waals surface area contributed by atoms with Crippen LogP contribution in [0.1, 0.15) is 51.5 Å². The molecule has 0 spiro atoms. The minimum atomic E-state index is -0.0686. The van der Waals surface area contributed by atoms with Gasteiger partial charge >= 0.3 is 0 Å². The number of carbonyl (C=O) groups excluding carboxylic acids is 2. The lowest BCUT2D eigenvalue weighted by molar-refractivity contribution is -0.130. The lowest BCUT2D eigenvalue weighted by atomic mass is 10.0. The normalized spacial score (nSPS) is 17.4. The lowest BCUT2D eigenvalue weighted by Gasteiger charge is -2.25. The summed E-state index contributed by atoms with van der Waals surface area (Å²) in [6.07, 6.45) is 3.65. The molecule has 2 amide bonds. The molecule has 1 N–H and O–H groups in total. The van der Waals surface area contributed by atoms with Crippen LogP contribution in [0.3, 0.4) is 0 Å². The molecule has 0 saturated carbocycles. The van der Waals surface area contributed by atoms with Gasteiger partial charge in [0.05, 0.1) is 0 Å². The maximum absolute atomic E-state index is 12.3. The van der Waals surface area contributed by atoms with Crippen molar-refractivity contribution in [3.05, 3.63) is 33.8 Å². The second-order valence-corrected chi connectivity index (χ2v) is 7.48. The van der Waals surface area contributed by atoms with Gasteiger partial charge in [-0.1, -0.05) is 56.0 Å². The van der Waals surface area contributed by atoms with E-state index in [1.165, 1.54) is 0 Å². The average Bonchev–Trinajstić information content (AvgIpc) is 2.91. The van der Waals surface area contributed by atoms with E-state index in [-0.39, 0.29) is 17.9 Å². The molecule has 6 heteroatoms. The summed E-state index contributed by atoms with van der Waals surface area (Å²) in [6, 6.07) is 5.21. The van der Waals surface area contributed by atoms with Gasteiger partial charge in [0.1, 0.15) is 0 Å². The second-order valence-electron chi connectivity index (χ2n) is 6.64. The number of carbonyl (C=O) groups is 2. The predicted octanol–water partition coefficient (Wildman–Crippen LogP) is 4.43. The van der Waals surface area contributed by atoms with Gasteiger partial charge in [-0.3, -0.25) is 9.59 Å². The van der Waals surface area contributed by atoms with E-state index in [9.17, 15) is 9.59 Å². The van der Waals surface area contributed by atoms with Crippen molar-refractivity contribution in [3.8, 4) is 0 Å². The van der Waals surface area contributed by atoms with Crippen molar-refractivity contribution in [2.75, 3.05) is 6.54 Å². The minimum Gasteiger partial charge on any atom is -0.356 e. The molecular weight excluding hydrogens is 359 g/mol. The van der Waals surface area contributed by atoms with Crippen LogP contribution in [-0.2, 0) is 16.1 Å². The molecule has 1 aliphatic heterocycles. The fourth-order valence-electron chi connectivity index (χ4n) is 3.18. The van der Waals surface area contributed by atoms with Crippen molar-refractivity contribution in [2.45, 2.75) is 58.5 Å². The molecule has 1 aromatic rings. The molecule has 138 valence electrons. The highest BCUT2D eigenvalue weighted by Crippen LogP contribution is 2.28. The van der Waals surface area contributed by atoms with Gasteiger partial charge < -0.3 is 10.2 Å². The van der Waals surface area contributed by atoms with E-state index in [0.717, 1.165) is 18.4 Å². The van der Waals surface area contributed by atoms with Gasteiger partial charge in [0.15, 0.2) is 0 Å². The first-order valence-corrected chi connectivity index (χ1v) is 9.70. The SMILES string of the molecule is CCC(CC)CNC(=O)CC1CCC(=O)N1Cc1ccc(Cl)cc1Cl. The number of likely N-dealkylation sites (tertiary alicyclic amines) is 1. The third-order valence-electron chi connectivity index (χ3n) is 4.97. The highest BCUT2D eigenvalue weighted by molar-refractivity contribution is 6.35. The van der Waals surface area contributed by atoms with E-state index in [1.807, 2.05) is 6.07 Å². The topological polar surface area (TPSA) is 49.4 Å². The van der Waals surface area contributed by atoms with Crippen LogP contribution >= 0.6 is 23.2 Å². The number of hydrogen-bond donors (Lipinski definition) is 1. The Hall–Kier alpha value is -1.26. The Morgan fingerprint density at radius 2 is 2.04 bits per heavy atom. The highest BCUT2D eigenvalue weighted by atomic mass is 35.5. The number of hydrogen-bond acceptors (Lipinski definition) is 2. The number of benzene rings is 1. The molecule has 0 bridgehead atoms. The van der Waals surface area contributed by atoms with Gasteiger partial charge in [-0.2, -0.15) is 0 Å². The summed E-state index contributed by atoms with van der Waals surface area (Å²) in [4.78, 5) is 26.3. The van der Waals surface area contributed by atoms with Crippen LogP contribution < -0.4 is 5.32 Å². The van der Waals surface area contributed by atoms with Crippen molar-refractivity contribution in [1.82, 2.24) is 10.2 Å². The van der Waals surface area contributed by atoms with Crippen molar-refractivity contribution in [3.63, 3.8) is 0 Å². The third-order valence-corrected chi connectivity index (χ3v) is 5.56. The average molecular weight is 385 g/mol. The zero-order chi connectivity index (χ0) is 18.4. The number of halogens is 2. The molecule has 1 aliphatic rings. The molecule has 1 aromatic carbocycles. The molecule has 2 rings (SSSR count). The van der Waals surface area contributed by atoms with Gasteiger partial charge in [0, 0.05) is 42.0 Å². The molecule has 1 atom stereocenters. The molecule has 0 aromatic heterocycles. The monoisotopic (exact) mass is 384 g/mol. The maximum atomic E-state index is 12.3. The first-order chi connectivity index (χ1) is 11.9. The Kier molecular flexibility index (Phi) is 7.57. The molecule has 0 aliphatic carbocycles. The zero-order valence-electron chi connectivity index (χ0n) is 14.9. The van der Waals surface area contributed by atoms with E-state index in [2.05, 4.69) is 19.2 Å². The number of nitrogens with one attached hydrogen (secondary N) is 1. The fraction of sp³-hybridized carbons (Fsp3) is 0.579. The van der Waals surface area contributed by atoms with E-state index in [1.54, 1.807) is 17.0 Å². The summed E-state index contributed by atoms with van der Waals surface area (Å²) >= 11 is 12.1. The fourth-order valence-corrected chi connectivity index (χ4v) is 3.65. The molecule has 0 radical (unpaired) electrons. The third kappa shape index (κ3) is 5.61. The van der Waals surface area contributed by atoms with Crippen LogP contribution in [0.4, 0.5) is 0 Å². The van der Waals surface area contributed by atoms with Gasteiger partial charge in [0.25, 0.3) is 0 Å². The van der Waals surface area contributed by atoms with Gasteiger partial charge in [-0.15, -0.1) is 0 Å². The Bertz CT molecular complexity index is 617. The smallest absolute Gasteiger partial charge is 0.223 e. The lowest BCUT2D eigenvalue weighted by Crippen LogP contribution is -2.38. The molecule has 1 heterocycles. The number of nitrogens with zero attached hydrogens (tertiary/aromatic N) is 1. The van der Waals surface area contributed by atoms with Gasteiger partial charge in [0.2, 0.25) is 11.8 Å². The van der Waals surface area contributed by atoms with Crippen molar-refractivity contribution in [2.24, 2.45) is 5.92 Å². The van der Waals surface area contributed by atoms with Crippen LogP contribution in [0, 0.1) is 5.92 Å². The summed E-state index contributed by atoms with van der Waals surface area (Å²) in [5.41, 5.74) is 0.851. The summed E-state index contributed by atoms with van der Waals surface area (Å²) in [7, 11) is 0. The predicted molar refractivity (Wildman–Crippen MR) is 102 cm³/mol. The quantitative estimate of drug-likeness (QED) is 0.720. The molecule has 1 fully saturated rings. The Balaban J connectivity index is 1.95. The van der Waals surface area contributed by atoms with E-state index >= 15 is 0 Å². The van der Waals surface area contributed by atoms with Gasteiger partial charge in [-0.25, -0.2) is 0 Å². The number of rotatable bonds is 8. The summed E-state index contributed by atoms with van der Waals surface area (Å²) in [6.45, 7) is 5.38. The molecule has 1 saturated heterocycles. The summed E-state index contributed by atoms with van der Waals surface area (Å²) in [5, 5.41) is 4.12. The maximum Gasteiger partial charge on any atom is 0.223 e. The van der Waals surface area contributed by atoms with E-state index in [0.29, 0.717) is 48.3 Å². The largest absolute Gasteiger partial charge is 0.356 e. The standard InChI is InChI=1S/C19H26Cl2N2O2/c1-3-13(4-2)11-22-18(24)10-16-7-8-19(25)23(16)12-14-5-6-15(20)9-17(14)21/h5-6,9,13,16H,3-4,7-8,10-12H2,1-2H3,(H,22,24). The minimum absolute atomic E-state index is 0.0128.